The fourth-order valence-electron chi connectivity index (χ4n) is 3.45. The summed E-state index contributed by atoms with van der Waals surface area (Å²) in [5, 5.41) is 16.4. The van der Waals surface area contributed by atoms with E-state index in [1.165, 1.54) is 12.4 Å². The minimum Gasteiger partial charge on any atom is -0.404 e. The topological polar surface area (TPSA) is 100 Å². The molecule has 7 nitrogen and oxygen atoms in total. The maximum Gasteiger partial charge on any atom is 0.234 e. The molecule has 4 rings (SSSR count). The number of aromatic nitrogens is 3. The minimum atomic E-state index is -0.127. The Kier molecular flexibility index (Phi) is 6.28. The van der Waals surface area contributed by atoms with Crippen LogP contribution in [0.3, 0.4) is 0 Å². The molecular weight excluding hydrogens is 424 g/mol. The summed E-state index contributed by atoms with van der Waals surface area (Å²) in [7, 11) is 0. The Hall–Kier alpha value is -3.97. The molecule has 0 aliphatic rings. The van der Waals surface area contributed by atoms with Gasteiger partial charge in [-0.3, -0.25) is 9.20 Å². The van der Waals surface area contributed by atoms with Crippen molar-refractivity contribution >= 4 is 40.6 Å². The fraction of sp³-hybridized carbons (Fsp3) is 0.0833. The van der Waals surface area contributed by atoms with Crippen molar-refractivity contribution in [1.29, 1.82) is 5.41 Å². The smallest absolute Gasteiger partial charge is 0.234 e. The van der Waals surface area contributed by atoms with E-state index in [9.17, 15) is 4.79 Å². The third-order valence-electron chi connectivity index (χ3n) is 5.07. The van der Waals surface area contributed by atoms with Crippen LogP contribution in [0.25, 0.3) is 11.2 Å². The van der Waals surface area contributed by atoms with Gasteiger partial charge in [-0.05, 0) is 47.5 Å². The van der Waals surface area contributed by atoms with E-state index in [2.05, 4.69) is 10.2 Å². The first-order chi connectivity index (χ1) is 15.6. The van der Waals surface area contributed by atoms with Gasteiger partial charge in [0, 0.05) is 34.9 Å². The second kappa shape index (κ2) is 9.45. The van der Waals surface area contributed by atoms with Crippen molar-refractivity contribution in [3.63, 3.8) is 0 Å². The molecule has 2 heterocycles. The zero-order chi connectivity index (χ0) is 22.5. The second-order valence-corrected chi connectivity index (χ2v) is 7.58. The largest absolute Gasteiger partial charge is 0.404 e. The summed E-state index contributed by atoms with van der Waals surface area (Å²) >= 11 is 6.16. The molecule has 0 saturated carbocycles. The third kappa shape index (κ3) is 4.53. The van der Waals surface area contributed by atoms with Crippen LogP contribution in [0.2, 0.25) is 5.02 Å². The molecule has 160 valence electrons. The Balaban J connectivity index is 1.66. The molecule has 3 N–H and O–H groups in total. The quantitative estimate of drug-likeness (QED) is 0.419. The predicted molar refractivity (Wildman–Crippen MR) is 127 cm³/mol. The molecule has 2 aromatic heterocycles. The first-order valence-electron chi connectivity index (χ1n) is 9.95. The van der Waals surface area contributed by atoms with Crippen molar-refractivity contribution < 1.29 is 4.79 Å². The van der Waals surface area contributed by atoms with Crippen LogP contribution in [0.1, 0.15) is 17.0 Å². The number of anilines is 1. The molecule has 0 aliphatic heterocycles. The van der Waals surface area contributed by atoms with Gasteiger partial charge in [0.05, 0.1) is 13.0 Å². The average Bonchev–Trinajstić information content (AvgIpc) is 3.22. The number of nitrogens with two attached hydrogens (primary N) is 1. The van der Waals surface area contributed by atoms with Crippen LogP contribution in [0.15, 0.2) is 79.1 Å². The van der Waals surface area contributed by atoms with Crippen molar-refractivity contribution in [2.24, 2.45) is 5.73 Å². The number of pyridine rings is 1. The molecule has 0 bridgehead atoms. The zero-order valence-corrected chi connectivity index (χ0v) is 17.9. The number of rotatable bonds is 7. The highest BCUT2D eigenvalue weighted by molar-refractivity contribution is 6.30. The van der Waals surface area contributed by atoms with E-state index in [4.69, 9.17) is 22.7 Å². The van der Waals surface area contributed by atoms with Crippen molar-refractivity contribution in [1.82, 2.24) is 14.6 Å². The number of benzene rings is 2. The molecule has 0 aliphatic carbocycles. The molecule has 8 heteroatoms. The van der Waals surface area contributed by atoms with Crippen LogP contribution >= 0.6 is 11.6 Å². The number of fused-ring (bicyclic) bond motifs is 1. The predicted octanol–water partition coefficient (Wildman–Crippen LogP) is 4.11. The standard InChI is InChI=1S/C24H21ClN6O/c25-20-5-3-4-17(12-20)16-31(21-9-7-18(8-10-21)19(14-26)15-27)24(32)13-23-29-28-22-6-1-2-11-30(22)23/h1-12,14-15,26H,13,16,27H2. The van der Waals surface area contributed by atoms with Gasteiger partial charge >= 0.3 is 0 Å². The summed E-state index contributed by atoms with van der Waals surface area (Å²) in [6.45, 7) is 0.347. The van der Waals surface area contributed by atoms with Crippen molar-refractivity contribution in [3.05, 3.63) is 101 Å². The number of hydrogen-bond donors (Lipinski definition) is 2. The maximum absolute atomic E-state index is 13.4. The monoisotopic (exact) mass is 444 g/mol. The van der Waals surface area contributed by atoms with E-state index in [0.717, 1.165) is 11.1 Å². The molecule has 0 radical (unpaired) electrons. The van der Waals surface area contributed by atoms with Crippen LogP contribution in [-0.2, 0) is 17.8 Å². The van der Waals surface area contributed by atoms with Gasteiger partial charge in [0.15, 0.2) is 5.65 Å². The van der Waals surface area contributed by atoms with E-state index in [0.29, 0.717) is 34.3 Å². The summed E-state index contributed by atoms with van der Waals surface area (Å²) in [5.41, 5.74) is 9.30. The van der Waals surface area contributed by atoms with E-state index >= 15 is 0 Å². The fourth-order valence-corrected chi connectivity index (χ4v) is 3.66. The van der Waals surface area contributed by atoms with Crippen LogP contribution < -0.4 is 10.6 Å². The maximum atomic E-state index is 13.4. The number of carbonyl (C=O) groups excluding carboxylic acids is 1. The Morgan fingerprint density at radius 2 is 1.91 bits per heavy atom. The molecule has 0 unspecified atom stereocenters. The second-order valence-electron chi connectivity index (χ2n) is 7.14. The lowest BCUT2D eigenvalue weighted by atomic mass is 10.1. The Labute approximate surface area is 190 Å². The summed E-state index contributed by atoms with van der Waals surface area (Å²) in [6, 6.07) is 20.4. The lowest BCUT2D eigenvalue weighted by molar-refractivity contribution is -0.118. The normalized spacial score (nSPS) is 11.5. The van der Waals surface area contributed by atoms with Crippen molar-refractivity contribution in [2.75, 3.05) is 4.90 Å². The van der Waals surface area contributed by atoms with Gasteiger partial charge in [0.2, 0.25) is 5.91 Å². The van der Waals surface area contributed by atoms with Gasteiger partial charge in [0.25, 0.3) is 0 Å². The summed E-state index contributed by atoms with van der Waals surface area (Å²) < 4.78 is 1.81. The van der Waals surface area contributed by atoms with Gasteiger partial charge in [-0.2, -0.15) is 0 Å². The molecule has 2 aromatic carbocycles. The highest BCUT2D eigenvalue weighted by atomic mass is 35.5. The first-order valence-corrected chi connectivity index (χ1v) is 10.3. The molecule has 0 fully saturated rings. The number of nitrogens with one attached hydrogen (secondary N) is 1. The van der Waals surface area contributed by atoms with Crippen molar-refractivity contribution in [2.45, 2.75) is 13.0 Å². The zero-order valence-electron chi connectivity index (χ0n) is 17.1. The number of hydrogen-bond acceptors (Lipinski definition) is 5. The summed E-state index contributed by atoms with van der Waals surface area (Å²) in [6.07, 6.45) is 4.50. The Bertz CT molecular complexity index is 1300. The number of halogens is 1. The highest BCUT2D eigenvalue weighted by Gasteiger charge is 2.20. The number of nitrogens with zero attached hydrogens (tertiary/aromatic N) is 4. The summed E-state index contributed by atoms with van der Waals surface area (Å²) in [4.78, 5) is 15.1. The van der Waals surface area contributed by atoms with Gasteiger partial charge in [-0.15, -0.1) is 10.2 Å². The van der Waals surface area contributed by atoms with Crippen LogP contribution in [0.4, 0.5) is 5.69 Å². The van der Waals surface area contributed by atoms with Gasteiger partial charge in [0.1, 0.15) is 5.82 Å². The van der Waals surface area contributed by atoms with Crippen LogP contribution in [0, 0.1) is 5.41 Å². The van der Waals surface area contributed by atoms with E-state index < -0.39 is 0 Å². The third-order valence-corrected chi connectivity index (χ3v) is 5.31. The van der Waals surface area contributed by atoms with Crippen molar-refractivity contribution in [3.8, 4) is 0 Å². The molecule has 0 atom stereocenters. The lowest BCUT2D eigenvalue weighted by Gasteiger charge is -2.23. The molecule has 0 spiro atoms. The minimum absolute atomic E-state index is 0.0853. The number of carbonyl (C=O) groups is 1. The van der Waals surface area contributed by atoms with Gasteiger partial charge in [-0.1, -0.05) is 41.9 Å². The number of amides is 1. The van der Waals surface area contributed by atoms with Gasteiger partial charge < -0.3 is 16.0 Å². The lowest BCUT2D eigenvalue weighted by Crippen LogP contribution is -2.32. The van der Waals surface area contributed by atoms with E-state index in [1.807, 2.05) is 66.9 Å². The SMILES string of the molecule is N=CC(=CN)c1ccc(N(Cc2cccc(Cl)c2)C(=O)Cc2nnc3ccccn23)cc1. The number of allylic oxidation sites excluding steroid dienone is 1. The summed E-state index contributed by atoms with van der Waals surface area (Å²) in [5.74, 6) is 0.438. The Morgan fingerprint density at radius 3 is 2.62 bits per heavy atom. The molecule has 1 amide bonds. The average molecular weight is 445 g/mol. The molecule has 32 heavy (non-hydrogen) atoms. The molecule has 0 saturated heterocycles. The van der Waals surface area contributed by atoms with Crippen LogP contribution in [0.5, 0.6) is 0 Å². The van der Waals surface area contributed by atoms with E-state index in [-0.39, 0.29) is 12.3 Å². The highest BCUT2D eigenvalue weighted by Crippen LogP contribution is 2.23. The molecule has 4 aromatic rings. The first kappa shape index (κ1) is 21.3. The Morgan fingerprint density at radius 1 is 1.09 bits per heavy atom. The molecular formula is C24H21ClN6O. The van der Waals surface area contributed by atoms with Gasteiger partial charge in [-0.25, -0.2) is 0 Å². The van der Waals surface area contributed by atoms with E-state index in [1.54, 1.807) is 15.4 Å². The van der Waals surface area contributed by atoms with Crippen LogP contribution in [-0.4, -0.2) is 26.7 Å².